The van der Waals surface area contributed by atoms with Crippen LogP contribution in [0.4, 0.5) is 15.6 Å². The second kappa shape index (κ2) is 7.00. The molecule has 0 aliphatic carbocycles. The molecule has 5 nitrogen and oxygen atoms in total. The Bertz CT molecular complexity index is 685. The second-order valence-electron chi connectivity index (χ2n) is 5.90. The predicted octanol–water partition coefficient (Wildman–Crippen LogP) is 3.50. The van der Waals surface area contributed by atoms with Gasteiger partial charge in [0.2, 0.25) is 0 Å². The van der Waals surface area contributed by atoms with Crippen LogP contribution in [-0.2, 0) is 0 Å². The van der Waals surface area contributed by atoms with Gasteiger partial charge in [-0.1, -0.05) is 12.1 Å². The van der Waals surface area contributed by atoms with Gasteiger partial charge in [0.15, 0.2) is 5.13 Å². The Morgan fingerprint density at radius 3 is 2.83 bits per heavy atom. The lowest BCUT2D eigenvalue weighted by Crippen LogP contribution is -2.38. The summed E-state index contributed by atoms with van der Waals surface area (Å²) in [6.45, 7) is 7.30. The molecule has 1 aromatic carbocycles. The molecule has 1 N–H and O–H groups in total. The highest BCUT2D eigenvalue weighted by Gasteiger charge is 2.20. The number of aromatic nitrogens is 1. The normalized spacial score (nSPS) is 15.4. The summed E-state index contributed by atoms with van der Waals surface area (Å²) in [5.74, 6) is 0. The number of anilines is 2. The number of rotatable bonds is 2. The van der Waals surface area contributed by atoms with Gasteiger partial charge in [-0.05, 0) is 38.0 Å². The molecule has 1 aliphatic rings. The van der Waals surface area contributed by atoms with Crippen LogP contribution in [0.5, 0.6) is 0 Å². The summed E-state index contributed by atoms with van der Waals surface area (Å²) in [7, 11) is 0. The number of carbonyl (C=O) groups is 1. The van der Waals surface area contributed by atoms with Crippen LogP contribution >= 0.6 is 11.3 Å². The number of carbonyl (C=O) groups excluding carboxylic acids is 1. The average molecular weight is 330 g/mol. The first-order valence-corrected chi connectivity index (χ1v) is 8.79. The Balaban J connectivity index is 1.60. The molecule has 1 aliphatic heterocycles. The van der Waals surface area contributed by atoms with Crippen molar-refractivity contribution in [1.29, 1.82) is 0 Å². The maximum Gasteiger partial charge on any atom is 0.321 e. The van der Waals surface area contributed by atoms with Crippen LogP contribution in [0.15, 0.2) is 29.6 Å². The van der Waals surface area contributed by atoms with Gasteiger partial charge in [-0.3, -0.25) is 0 Å². The first kappa shape index (κ1) is 15.8. The summed E-state index contributed by atoms with van der Waals surface area (Å²) >= 11 is 1.67. The summed E-state index contributed by atoms with van der Waals surface area (Å²) < 4.78 is 0. The predicted molar refractivity (Wildman–Crippen MR) is 95.5 cm³/mol. The third-order valence-corrected chi connectivity index (χ3v) is 4.95. The number of nitrogens with one attached hydrogen (secondary N) is 1. The Labute approximate surface area is 140 Å². The second-order valence-corrected chi connectivity index (χ2v) is 6.74. The molecule has 0 spiro atoms. The van der Waals surface area contributed by atoms with E-state index in [4.69, 9.17) is 0 Å². The molecule has 23 heavy (non-hydrogen) atoms. The van der Waals surface area contributed by atoms with Crippen molar-refractivity contribution in [2.24, 2.45) is 0 Å². The molecule has 0 atom stereocenters. The standard InChI is InChI=1S/C17H22N4OS/c1-13-5-3-6-15(11-13)19-16(22)20-7-4-8-21(10-9-20)17-18-14(2)12-23-17/h3,5-6,11-12H,4,7-10H2,1-2H3,(H,19,22). The van der Waals surface area contributed by atoms with Crippen LogP contribution < -0.4 is 10.2 Å². The minimum Gasteiger partial charge on any atom is -0.346 e. The fourth-order valence-electron chi connectivity index (χ4n) is 2.72. The van der Waals surface area contributed by atoms with E-state index in [1.165, 1.54) is 0 Å². The van der Waals surface area contributed by atoms with Gasteiger partial charge in [-0.2, -0.15) is 0 Å². The van der Waals surface area contributed by atoms with E-state index in [2.05, 4.69) is 20.6 Å². The highest BCUT2D eigenvalue weighted by molar-refractivity contribution is 7.13. The molecule has 2 aromatic rings. The molecule has 0 radical (unpaired) electrons. The van der Waals surface area contributed by atoms with E-state index in [0.29, 0.717) is 0 Å². The highest BCUT2D eigenvalue weighted by atomic mass is 32.1. The minimum atomic E-state index is -0.0206. The molecule has 1 saturated heterocycles. The monoisotopic (exact) mass is 330 g/mol. The molecule has 3 rings (SSSR count). The zero-order chi connectivity index (χ0) is 16.2. The number of thiazole rings is 1. The smallest absolute Gasteiger partial charge is 0.321 e. The summed E-state index contributed by atoms with van der Waals surface area (Å²) in [4.78, 5) is 21.2. The maximum absolute atomic E-state index is 12.5. The molecule has 122 valence electrons. The lowest BCUT2D eigenvalue weighted by atomic mass is 10.2. The fraction of sp³-hybridized carbons (Fsp3) is 0.412. The molecular weight excluding hydrogens is 308 g/mol. The molecule has 2 amide bonds. The third-order valence-electron chi connectivity index (χ3n) is 3.93. The van der Waals surface area contributed by atoms with Gasteiger partial charge >= 0.3 is 6.03 Å². The number of nitrogens with zero attached hydrogens (tertiary/aromatic N) is 3. The fourth-order valence-corrected chi connectivity index (χ4v) is 3.58. The molecule has 0 bridgehead atoms. The summed E-state index contributed by atoms with van der Waals surface area (Å²) in [5.41, 5.74) is 3.05. The third kappa shape index (κ3) is 4.01. The summed E-state index contributed by atoms with van der Waals surface area (Å²) in [6, 6.07) is 7.87. The van der Waals surface area contributed by atoms with Crippen LogP contribution in [0.3, 0.4) is 0 Å². The van der Waals surface area contributed by atoms with E-state index >= 15 is 0 Å². The Kier molecular flexibility index (Phi) is 4.81. The SMILES string of the molecule is Cc1cccc(NC(=O)N2CCCN(c3nc(C)cs3)CC2)c1. The van der Waals surface area contributed by atoms with E-state index < -0.39 is 0 Å². The van der Waals surface area contributed by atoms with Crippen molar-refractivity contribution in [3.05, 3.63) is 40.9 Å². The molecule has 0 unspecified atom stereocenters. The molecule has 2 heterocycles. The Morgan fingerprint density at radius 1 is 1.22 bits per heavy atom. The summed E-state index contributed by atoms with van der Waals surface area (Å²) in [6.07, 6.45) is 0.958. The average Bonchev–Trinajstić information content (AvgIpc) is 2.81. The van der Waals surface area contributed by atoms with E-state index in [1.54, 1.807) is 11.3 Å². The number of aryl methyl sites for hydroxylation is 2. The number of hydrogen-bond acceptors (Lipinski definition) is 4. The van der Waals surface area contributed by atoms with E-state index in [-0.39, 0.29) is 6.03 Å². The van der Waals surface area contributed by atoms with Crippen LogP contribution in [0, 0.1) is 13.8 Å². The van der Waals surface area contributed by atoms with E-state index in [1.807, 2.05) is 43.0 Å². The topological polar surface area (TPSA) is 48.5 Å². The van der Waals surface area contributed by atoms with Gasteiger partial charge in [0.05, 0.1) is 5.69 Å². The lowest BCUT2D eigenvalue weighted by molar-refractivity contribution is 0.215. The zero-order valence-electron chi connectivity index (χ0n) is 13.6. The Morgan fingerprint density at radius 2 is 2.09 bits per heavy atom. The number of amides is 2. The largest absolute Gasteiger partial charge is 0.346 e. The van der Waals surface area contributed by atoms with Crippen LogP contribution in [0.1, 0.15) is 17.7 Å². The number of benzene rings is 1. The maximum atomic E-state index is 12.5. The van der Waals surface area contributed by atoms with Crippen molar-refractivity contribution in [3.63, 3.8) is 0 Å². The first-order chi connectivity index (χ1) is 11.1. The summed E-state index contributed by atoms with van der Waals surface area (Å²) in [5, 5.41) is 6.13. The highest BCUT2D eigenvalue weighted by Crippen LogP contribution is 2.21. The van der Waals surface area contributed by atoms with Crippen molar-refractivity contribution in [3.8, 4) is 0 Å². The molecular formula is C17H22N4OS. The van der Waals surface area contributed by atoms with Crippen LogP contribution in [-0.4, -0.2) is 42.1 Å². The first-order valence-electron chi connectivity index (χ1n) is 7.91. The van der Waals surface area contributed by atoms with Crippen molar-refractivity contribution >= 4 is 28.2 Å². The molecule has 6 heteroatoms. The zero-order valence-corrected chi connectivity index (χ0v) is 14.4. The van der Waals surface area contributed by atoms with Gasteiger partial charge in [0.1, 0.15) is 0 Å². The minimum absolute atomic E-state index is 0.0206. The number of hydrogen-bond donors (Lipinski definition) is 1. The van der Waals surface area contributed by atoms with Crippen molar-refractivity contribution in [2.75, 3.05) is 36.4 Å². The van der Waals surface area contributed by atoms with Crippen molar-refractivity contribution < 1.29 is 4.79 Å². The van der Waals surface area contributed by atoms with Gasteiger partial charge in [0.25, 0.3) is 0 Å². The van der Waals surface area contributed by atoms with Gasteiger partial charge in [-0.15, -0.1) is 11.3 Å². The quantitative estimate of drug-likeness (QED) is 0.917. The lowest BCUT2D eigenvalue weighted by Gasteiger charge is -2.22. The van der Waals surface area contributed by atoms with E-state index in [0.717, 1.165) is 54.7 Å². The van der Waals surface area contributed by atoms with Crippen LogP contribution in [0.2, 0.25) is 0 Å². The van der Waals surface area contributed by atoms with Crippen molar-refractivity contribution in [1.82, 2.24) is 9.88 Å². The Hall–Kier alpha value is -2.08. The van der Waals surface area contributed by atoms with Gasteiger partial charge in [0, 0.05) is 37.2 Å². The van der Waals surface area contributed by atoms with Gasteiger partial charge < -0.3 is 15.1 Å². The van der Waals surface area contributed by atoms with Gasteiger partial charge in [-0.25, -0.2) is 9.78 Å². The van der Waals surface area contributed by atoms with Crippen LogP contribution in [0.25, 0.3) is 0 Å². The number of urea groups is 1. The van der Waals surface area contributed by atoms with E-state index in [9.17, 15) is 4.79 Å². The van der Waals surface area contributed by atoms with Crippen molar-refractivity contribution in [2.45, 2.75) is 20.3 Å². The molecule has 1 aromatic heterocycles. The molecule has 0 saturated carbocycles. The molecule has 1 fully saturated rings.